The van der Waals surface area contributed by atoms with E-state index in [1.807, 2.05) is 24.3 Å². The lowest BCUT2D eigenvalue weighted by Crippen LogP contribution is -2.29. The summed E-state index contributed by atoms with van der Waals surface area (Å²) < 4.78 is 5.16. The van der Waals surface area contributed by atoms with Crippen molar-refractivity contribution in [3.8, 4) is 5.75 Å². The van der Waals surface area contributed by atoms with Crippen LogP contribution in [0.25, 0.3) is 0 Å². The Bertz CT molecular complexity index is 394. The molecule has 0 aliphatic heterocycles. The van der Waals surface area contributed by atoms with Gasteiger partial charge in [0.1, 0.15) is 5.75 Å². The summed E-state index contributed by atoms with van der Waals surface area (Å²) in [6.07, 6.45) is 1.39. The summed E-state index contributed by atoms with van der Waals surface area (Å²) in [5.74, 6) is 0.971. The standard InChI is InChI=1S/C15H23NO2/c1-15(2,3)11-14(17)16-9-8-12-6-5-7-13(10-12)18-4/h5-7,10H,8-9,11H2,1-4H3,(H,16,17). The molecule has 0 saturated heterocycles. The van der Waals surface area contributed by atoms with Crippen molar-refractivity contribution in [1.82, 2.24) is 5.32 Å². The first kappa shape index (κ1) is 14.6. The second kappa shape index (κ2) is 6.43. The largest absolute Gasteiger partial charge is 0.497 e. The number of amides is 1. The molecule has 0 unspecified atom stereocenters. The van der Waals surface area contributed by atoms with Crippen LogP contribution < -0.4 is 10.1 Å². The van der Waals surface area contributed by atoms with Crippen molar-refractivity contribution >= 4 is 5.91 Å². The summed E-state index contributed by atoms with van der Waals surface area (Å²) in [5.41, 5.74) is 1.21. The number of carbonyl (C=O) groups is 1. The highest BCUT2D eigenvalue weighted by atomic mass is 16.5. The van der Waals surface area contributed by atoms with Gasteiger partial charge in [-0.15, -0.1) is 0 Å². The molecular formula is C15H23NO2. The van der Waals surface area contributed by atoms with E-state index in [-0.39, 0.29) is 11.3 Å². The molecule has 1 aromatic rings. The molecular weight excluding hydrogens is 226 g/mol. The Hall–Kier alpha value is -1.51. The molecule has 0 atom stereocenters. The fourth-order valence-electron chi connectivity index (χ4n) is 1.72. The predicted octanol–water partition coefficient (Wildman–Crippen LogP) is 2.79. The Kier molecular flexibility index (Phi) is 5.20. The number of nitrogens with one attached hydrogen (secondary N) is 1. The fraction of sp³-hybridized carbons (Fsp3) is 0.533. The van der Waals surface area contributed by atoms with Crippen molar-refractivity contribution < 1.29 is 9.53 Å². The van der Waals surface area contributed by atoms with E-state index in [4.69, 9.17) is 4.74 Å². The lowest BCUT2D eigenvalue weighted by molar-refractivity contribution is -0.122. The normalized spacial score (nSPS) is 11.1. The van der Waals surface area contributed by atoms with Gasteiger partial charge in [0, 0.05) is 13.0 Å². The van der Waals surface area contributed by atoms with Crippen LogP contribution in [0.4, 0.5) is 0 Å². The maximum atomic E-state index is 11.6. The Morgan fingerprint density at radius 2 is 2.06 bits per heavy atom. The van der Waals surface area contributed by atoms with Gasteiger partial charge in [0.25, 0.3) is 0 Å². The zero-order valence-electron chi connectivity index (χ0n) is 11.7. The molecule has 1 rings (SSSR count). The lowest BCUT2D eigenvalue weighted by Gasteiger charge is -2.17. The van der Waals surface area contributed by atoms with Crippen molar-refractivity contribution in [2.75, 3.05) is 13.7 Å². The molecule has 1 amide bonds. The van der Waals surface area contributed by atoms with Crippen LogP contribution in [0.15, 0.2) is 24.3 Å². The van der Waals surface area contributed by atoms with Crippen LogP contribution in [0, 0.1) is 5.41 Å². The minimum Gasteiger partial charge on any atom is -0.497 e. The third-order valence-electron chi connectivity index (χ3n) is 2.56. The average Bonchev–Trinajstić information content (AvgIpc) is 2.27. The Morgan fingerprint density at radius 3 is 2.67 bits per heavy atom. The van der Waals surface area contributed by atoms with Gasteiger partial charge in [-0.3, -0.25) is 4.79 Å². The van der Waals surface area contributed by atoms with Crippen LogP contribution >= 0.6 is 0 Å². The van der Waals surface area contributed by atoms with E-state index in [9.17, 15) is 4.79 Å². The van der Waals surface area contributed by atoms with Crippen LogP contribution in [-0.2, 0) is 11.2 Å². The third kappa shape index (κ3) is 5.71. The number of rotatable bonds is 5. The van der Waals surface area contributed by atoms with Gasteiger partial charge < -0.3 is 10.1 Å². The Labute approximate surface area is 110 Å². The van der Waals surface area contributed by atoms with E-state index in [1.165, 1.54) is 5.56 Å². The maximum absolute atomic E-state index is 11.6. The monoisotopic (exact) mass is 249 g/mol. The van der Waals surface area contributed by atoms with E-state index >= 15 is 0 Å². The predicted molar refractivity (Wildman–Crippen MR) is 73.8 cm³/mol. The molecule has 1 aromatic carbocycles. The highest BCUT2D eigenvalue weighted by Gasteiger charge is 2.15. The molecule has 1 N–H and O–H groups in total. The highest BCUT2D eigenvalue weighted by molar-refractivity contribution is 5.76. The highest BCUT2D eigenvalue weighted by Crippen LogP contribution is 2.17. The molecule has 0 aliphatic carbocycles. The van der Waals surface area contributed by atoms with Gasteiger partial charge in [0.15, 0.2) is 0 Å². The SMILES string of the molecule is COc1cccc(CCNC(=O)CC(C)(C)C)c1. The molecule has 0 radical (unpaired) electrons. The molecule has 100 valence electrons. The molecule has 0 fully saturated rings. The zero-order valence-corrected chi connectivity index (χ0v) is 11.7. The molecule has 3 heteroatoms. The van der Waals surface area contributed by atoms with E-state index in [2.05, 4.69) is 26.1 Å². The number of carbonyl (C=O) groups excluding carboxylic acids is 1. The van der Waals surface area contributed by atoms with Gasteiger partial charge in [0.2, 0.25) is 5.91 Å². The molecule has 0 saturated carbocycles. The first-order chi connectivity index (χ1) is 8.40. The molecule has 3 nitrogen and oxygen atoms in total. The molecule has 0 aromatic heterocycles. The van der Waals surface area contributed by atoms with Crippen molar-refractivity contribution in [3.63, 3.8) is 0 Å². The fourth-order valence-corrected chi connectivity index (χ4v) is 1.72. The average molecular weight is 249 g/mol. The molecule has 18 heavy (non-hydrogen) atoms. The number of hydrogen-bond donors (Lipinski definition) is 1. The van der Waals surface area contributed by atoms with Crippen molar-refractivity contribution in [2.24, 2.45) is 5.41 Å². The van der Waals surface area contributed by atoms with Crippen molar-refractivity contribution in [2.45, 2.75) is 33.6 Å². The van der Waals surface area contributed by atoms with Gasteiger partial charge in [-0.1, -0.05) is 32.9 Å². The zero-order chi connectivity index (χ0) is 13.6. The number of benzene rings is 1. The van der Waals surface area contributed by atoms with Crippen LogP contribution in [-0.4, -0.2) is 19.6 Å². The van der Waals surface area contributed by atoms with Gasteiger partial charge in [-0.05, 0) is 29.5 Å². The summed E-state index contributed by atoms with van der Waals surface area (Å²) in [4.78, 5) is 11.6. The summed E-state index contributed by atoms with van der Waals surface area (Å²) in [5, 5.41) is 2.95. The van der Waals surface area contributed by atoms with Gasteiger partial charge in [-0.25, -0.2) is 0 Å². The van der Waals surface area contributed by atoms with Crippen LogP contribution in [0.3, 0.4) is 0 Å². The summed E-state index contributed by atoms with van der Waals surface area (Å²) >= 11 is 0. The molecule has 0 spiro atoms. The number of hydrogen-bond acceptors (Lipinski definition) is 2. The molecule has 0 heterocycles. The van der Waals surface area contributed by atoms with Crippen molar-refractivity contribution in [1.29, 1.82) is 0 Å². The summed E-state index contributed by atoms with van der Waals surface area (Å²) in [6.45, 7) is 6.86. The van der Waals surface area contributed by atoms with Crippen LogP contribution in [0.1, 0.15) is 32.8 Å². The molecule has 0 bridgehead atoms. The van der Waals surface area contributed by atoms with Gasteiger partial charge in [-0.2, -0.15) is 0 Å². The quantitative estimate of drug-likeness (QED) is 0.871. The van der Waals surface area contributed by atoms with E-state index in [1.54, 1.807) is 7.11 Å². The maximum Gasteiger partial charge on any atom is 0.220 e. The summed E-state index contributed by atoms with van der Waals surface area (Å²) in [7, 11) is 1.66. The van der Waals surface area contributed by atoms with E-state index in [0.29, 0.717) is 13.0 Å². The Morgan fingerprint density at radius 1 is 1.33 bits per heavy atom. The first-order valence-electron chi connectivity index (χ1n) is 6.30. The van der Waals surface area contributed by atoms with Gasteiger partial charge in [0.05, 0.1) is 7.11 Å². The lowest BCUT2D eigenvalue weighted by atomic mass is 9.92. The second-order valence-electron chi connectivity index (χ2n) is 5.69. The summed E-state index contributed by atoms with van der Waals surface area (Å²) in [6, 6.07) is 7.92. The minimum absolute atomic E-state index is 0.0417. The third-order valence-corrected chi connectivity index (χ3v) is 2.56. The van der Waals surface area contributed by atoms with Gasteiger partial charge >= 0.3 is 0 Å². The number of methoxy groups -OCH3 is 1. The van der Waals surface area contributed by atoms with Crippen LogP contribution in [0.5, 0.6) is 5.75 Å². The van der Waals surface area contributed by atoms with Crippen molar-refractivity contribution in [3.05, 3.63) is 29.8 Å². The van der Waals surface area contributed by atoms with E-state index < -0.39 is 0 Å². The van der Waals surface area contributed by atoms with E-state index in [0.717, 1.165) is 12.2 Å². The second-order valence-corrected chi connectivity index (χ2v) is 5.69. The topological polar surface area (TPSA) is 38.3 Å². The minimum atomic E-state index is 0.0417. The smallest absolute Gasteiger partial charge is 0.220 e. The Balaban J connectivity index is 2.35. The molecule has 0 aliphatic rings. The number of ether oxygens (including phenoxy) is 1. The first-order valence-corrected chi connectivity index (χ1v) is 6.30. The van der Waals surface area contributed by atoms with Crippen LogP contribution in [0.2, 0.25) is 0 Å².